The number of carbonyl (C=O) groups excluding carboxylic acids is 1. The van der Waals surface area contributed by atoms with E-state index in [0.717, 1.165) is 6.42 Å². The summed E-state index contributed by atoms with van der Waals surface area (Å²) in [5.41, 5.74) is 0. The molecule has 1 amide bonds. The average molecular weight is 169 g/mol. The van der Waals surface area contributed by atoms with E-state index in [1.165, 1.54) is 12.8 Å². The molecular weight excluding hydrogens is 150 g/mol. The molecule has 1 aliphatic rings. The molecule has 2 heteroatoms. The number of hydrogen-bond acceptors (Lipinski definition) is 1. The maximum absolute atomic E-state index is 11.6. The Morgan fingerprint density at radius 2 is 1.83 bits per heavy atom. The van der Waals surface area contributed by atoms with Gasteiger partial charge in [-0.1, -0.05) is 6.92 Å². The maximum Gasteiger partial charge on any atom is 0.223 e. The summed E-state index contributed by atoms with van der Waals surface area (Å²) in [5, 5.41) is 0. The minimum absolute atomic E-state index is 0.343. The third-order valence-corrected chi connectivity index (χ3v) is 2.70. The molecule has 70 valence electrons. The molecule has 0 aromatic heterocycles. The van der Waals surface area contributed by atoms with E-state index in [1.807, 2.05) is 0 Å². The zero-order valence-electron chi connectivity index (χ0n) is 8.34. The van der Waals surface area contributed by atoms with E-state index in [1.54, 1.807) is 0 Å². The number of hydrogen-bond donors (Lipinski definition) is 0. The van der Waals surface area contributed by atoms with Crippen LogP contribution in [0.3, 0.4) is 0 Å². The van der Waals surface area contributed by atoms with Gasteiger partial charge in [0.25, 0.3) is 0 Å². The molecule has 0 unspecified atom stereocenters. The highest BCUT2D eigenvalue weighted by atomic mass is 16.2. The summed E-state index contributed by atoms with van der Waals surface area (Å²) in [5.74, 6) is 0.343. The standard InChI is InChI=1S/C10H19NO/c1-4-5-10(12)11-8(2)6-7-9(11)3/h8-9H,4-7H2,1-3H3/t8-,9-/m0/s1. The number of likely N-dealkylation sites (tertiary alicyclic amines) is 1. The maximum atomic E-state index is 11.6. The second kappa shape index (κ2) is 3.92. The Morgan fingerprint density at radius 3 is 2.25 bits per heavy atom. The Morgan fingerprint density at radius 1 is 1.33 bits per heavy atom. The van der Waals surface area contributed by atoms with Crippen molar-refractivity contribution in [3.63, 3.8) is 0 Å². The molecule has 0 bridgehead atoms. The number of rotatable bonds is 2. The predicted molar refractivity (Wildman–Crippen MR) is 49.9 cm³/mol. The van der Waals surface area contributed by atoms with E-state index in [9.17, 15) is 4.79 Å². The van der Waals surface area contributed by atoms with E-state index in [2.05, 4.69) is 25.7 Å². The van der Waals surface area contributed by atoms with Gasteiger partial charge in [-0.3, -0.25) is 4.79 Å². The van der Waals surface area contributed by atoms with Gasteiger partial charge < -0.3 is 4.90 Å². The molecule has 1 rings (SSSR count). The Kier molecular flexibility index (Phi) is 3.12. The quantitative estimate of drug-likeness (QED) is 0.620. The molecule has 0 aliphatic carbocycles. The fraction of sp³-hybridized carbons (Fsp3) is 0.900. The summed E-state index contributed by atoms with van der Waals surface area (Å²) in [6.45, 7) is 6.36. The Balaban J connectivity index is 2.53. The molecule has 1 saturated heterocycles. The van der Waals surface area contributed by atoms with Crippen LogP contribution in [0.25, 0.3) is 0 Å². The highest BCUT2D eigenvalue weighted by molar-refractivity contribution is 5.77. The second-order valence-corrected chi connectivity index (χ2v) is 3.83. The van der Waals surface area contributed by atoms with Gasteiger partial charge in [-0.25, -0.2) is 0 Å². The first-order valence-electron chi connectivity index (χ1n) is 4.98. The molecule has 1 aliphatic heterocycles. The van der Waals surface area contributed by atoms with Crippen LogP contribution in [0.4, 0.5) is 0 Å². The van der Waals surface area contributed by atoms with Crippen LogP contribution >= 0.6 is 0 Å². The van der Waals surface area contributed by atoms with Crippen LogP contribution in [0.15, 0.2) is 0 Å². The van der Waals surface area contributed by atoms with Gasteiger partial charge in [0.15, 0.2) is 0 Å². The van der Waals surface area contributed by atoms with Gasteiger partial charge in [0, 0.05) is 18.5 Å². The fourth-order valence-electron chi connectivity index (χ4n) is 2.03. The largest absolute Gasteiger partial charge is 0.337 e. The minimum atomic E-state index is 0.343. The summed E-state index contributed by atoms with van der Waals surface area (Å²) in [6, 6.07) is 0.943. The van der Waals surface area contributed by atoms with Crippen LogP contribution < -0.4 is 0 Å². The van der Waals surface area contributed by atoms with Crippen LogP contribution in [-0.4, -0.2) is 22.9 Å². The van der Waals surface area contributed by atoms with E-state index < -0.39 is 0 Å². The summed E-state index contributed by atoms with van der Waals surface area (Å²) >= 11 is 0. The predicted octanol–water partition coefficient (Wildman–Crippen LogP) is 2.19. The topological polar surface area (TPSA) is 20.3 Å². The molecular formula is C10H19NO. The first-order chi connectivity index (χ1) is 5.66. The van der Waals surface area contributed by atoms with Gasteiger partial charge in [0.1, 0.15) is 0 Å². The van der Waals surface area contributed by atoms with Gasteiger partial charge in [-0.15, -0.1) is 0 Å². The molecule has 2 atom stereocenters. The first-order valence-corrected chi connectivity index (χ1v) is 4.98. The summed E-state index contributed by atoms with van der Waals surface area (Å²) in [6.07, 6.45) is 4.04. The normalized spacial score (nSPS) is 29.4. The Bertz CT molecular complexity index is 157. The van der Waals surface area contributed by atoms with Crippen LogP contribution in [-0.2, 0) is 4.79 Å². The minimum Gasteiger partial charge on any atom is -0.337 e. The molecule has 1 fully saturated rings. The van der Waals surface area contributed by atoms with Crippen LogP contribution in [0.2, 0.25) is 0 Å². The monoisotopic (exact) mass is 169 g/mol. The van der Waals surface area contributed by atoms with Crippen molar-refractivity contribution < 1.29 is 4.79 Å². The third-order valence-electron chi connectivity index (χ3n) is 2.70. The van der Waals surface area contributed by atoms with Crippen LogP contribution in [0, 0.1) is 0 Å². The Hall–Kier alpha value is -0.530. The highest BCUT2D eigenvalue weighted by Gasteiger charge is 2.30. The lowest BCUT2D eigenvalue weighted by Gasteiger charge is -2.26. The molecule has 0 saturated carbocycles. The van der Waals surface area contributed by atoms with Crippen molar-refractivity contribution in [3.8, 4) is 0 Å². The first kappa shape index (κ1) is 9.56. The van der Waals surface area contributed by atoms with Gasteiger partial charge in [-0.2, -0.15) is 0 Å². The van der Waals surface area contributed by atoms with Crippen molar-refractivity contribution in [2.45, 2.75) is 58.5 Å². The van der Waals surface area contributed by atoms with Crippen molar-refractivity contribution in [2.24, 2.45) is 0 Å². The molecule has 0 radical (unpaired) electrons. The van der Waals surface area contributed by atoms with Crippen molar-refractivity contribution in [1.29, 1.82) is 0 Å². The zero-order chi connectivity index (χ0) is 9.14. The van der Waals surface area contributed by atoms with Crippen molar-refractivity contribution in [1.82, 2.24) is 4.90 Å². The molecule has 0 aromatic rings. The third kappa shape index (κ3) is 1.79. The highest BCUT2D eigenvalue weighted by Crippen LogP contribution is 2.24. The zero-order valence-corrected chi connectivity index (χ0v) is 8.34. The molecule has 1 heterocycles. The van der Waals surface area contributed by atoms with E-state index in [4.69, 9.17) is 0 Å². The summed E-state index contributed by atoms with van der Waals surface area (Å²) in [4.78, 5) is 13.7. The number of amides is 1. The summed E-state index contributed by atoms with van der Waals surface area (Å²) < 4.78 is 0. The number of carbonyl (C=O) groups is 1. The lowest BCUT2D eigenvalue weighted by Crippen LogP contribution is -2.38. The second-order valence-electron chi connectivity index (χ2n) is 3.83. The molecule has 0 spiro atoms. The van der Waals surface area contributed by atoms with Crippen LogP contribution in [0.5, 0.6) is 0 Å². The number of nitrogens with zero attached hydrogens (tertiary/aromatic N) is 1. The summed E-state index contributed by atoms with van der Waals surface area (Å²) in [7, 11) is 0. The van der Waals surface area contributed by atoms with E-state index >= 15 is 0 Å². The lowest BCUT2D eigenvalue weighted by molar-refractivity contribution is -0.133. The smallest absolute Gasteiger partial charge is 0.223 e. The fourth-order valence-corrected chi connectivity index (χ4v) is 2.03. The van der Waals surface area contributed by atoms with Gasteiger partial charge in [0.05, 0.1) is 0 Å². The van der Waals surface area contributed by atoms with Crippen molar-refractivity contribution in [2.75, 3.05) is 0 Å². The average Bonchev–Trinajstić information content (AvgIpc) is 2.32. The lowest BCUT2D eigenvalue weighted by atomic mass is 10.2. The van der Waals surface area contributed by atoms with Gasteiger partial charge >= 0.3 is 0 Å². The Labute approximate surface area is 74.9 Å². The molecule has 2 nitrogen and oxygen atoms in total. The van der Waals surface area contributed by atoms with E-state index in [0.29, 0.717) is 24.4 Å². The molecule has 0 aromatic carbocycles. The van der Waals surface area contributed by atoms with Crippen molar-refractivity contribution >= 4 is 5.91 Å². The van der Waals surface area contributed by atoms with Crippen LogP contribution in [0.1, 0.15) is 46.5 Å². The van der Waals surface area contributed by atoms with Gasteiger partial charge in [0.2, 0.25) is 5.91 Å². The SMILES string of the molecule is CCCC(=O)N1[C@@H](C)CC[C@@H]1C. The van der Waals surface area contributed by atoms with Gasteiger partial charge in [-0.05, 0) is 33.1 Å². The molecule has 0 N–H and O–H groups in total. The van der Waals surface area contributed by atoms with Crippen molar-refractivity contribution in [3.05, 3.63) is 0 Å². The molecule has 12 heavy (non-hydrogen) atoms. The van der Waals surface area contributed by atoms with E-state index in [-0.39, 0.29) is 0 Å².